The summed E-state index contributed by atoms with van der Waals surface area (Å²) in [5.74, 6) is 0. The van der Waals surface area contributed by atoms with Crippen molar-refractivity contribution in [3.05, 3.63) is 63.2 Å². The second kappa shape index (κ2) is 4.93. The van der Waals surface area contributed by atoms with Crippen LogP contribution in [-0.2, 0) is 0 Å². The van der Waals surface area contributed by atoms with Crippen LogP contribution < -0.4 is 4.85 Å². The quantitative estimate of drug-likeness (QED) is 0.377. The van der Waals surface area contributed by atoms with Gasteiger partial charge in [-0.1, -0.05) is 41.9 Å². The molecule has 2 aromatic heterocycles. The molecule has 0 spiro atoms. The Morgan fingerprint density at radius 1 is 1.14 bits per heavy atom. The first-order valence-corrected chi connectivity index (χ1v) is 7.65. The third-order valence-electron chi connectivity index (χ3n) is 3.41. The van der Waals surface area contributed by atoms with E-state index in [0.29, 0.717) is 31.0 Å². The maximum Gasteiger partial charge on any atom is 0.270 e. The zero-order chi connectivity index (χ0) is 15.3. The van der Waals surface area contributed by atoms with Crippen LogP contribution in [0.15, 0.2) is 53.0 Å². The van der Waals surface area contributed by atoms with E-state index in [9.17, 15) is 5.21 Å². The van der Waals surface area contributed by atoms with Crippen LogP contribution in [0, 0.1) is 5.21 Å². The van der Waals surface area contributed by atoms with E-state index in [2.05, 4.69) is 26.1 Å². The van der Waals surface area contributed by atoms with Crippen molar-refractivity contribution >= 4 is 44.2 Å². The number of benzene rings is 2. The van der Waals surface area contributed by atoms with Crippen molar-refractivity contribution in [1.82, 2.24) is 14.7 Å². The molecule has 4 aromatic rings. The number of nitrogens with zero attached hydrogens (tertiary/aromatic N) is 4. The molecule has 108 valence electrons. The summed E-state index contributed by atoms with van der Waals surface area (Å²) in [7, 11) is 0. The molecule has 4 rings (SSSR count). The van der Waals surface area contributed by atoms with Crippen LogP contribution in [-0.4, -0.2) is 14.7 Å². The predicted molar refractivity (Wildman–Crippen MR) is 87.6 cm³/mol. The van der Waals surface area contributed by atoms with Gasteiger partial charge in [-0.05, 0) is 32.9 Å². The Bertz CT molecular complexity index is 1020. The minimum absolute atomic E-state index is 0.409. The number of hydrogen-bond donors (Lipinski definition) is 0. The van der Waals surface area contributed by atoms with E-state index >= 15 is 0 Å². The Hall–Kier alpha value is -2.18. The Morgan fingerprint density at radius 3 is 2.68 bits per heavy atom. The van der Waals surface area contributed by atoms with Crippen molar-refractivity contribution in [1.29, 1.82) is 0 Å². The Labute approximate surface area is 138 Å². The first-order valence-electron chi connectivity index (χ1n) is 6.48. The van der Waals surface area contributed by atoms with E-state index in [0.717, 1.165) is 11.3 Å². The lowest BCUT2D eigenvalue weighted by atomic mass is 10.2. The maximum absolute atomic E-state index is 12.1. The third kappa shape index (κ3) is 1.95. The molecule has 0 saturated carbocycles. The molecule has 0 amide bonds. The molecule has 0 saturated heterocycles. The van der Waals surface area contributed by atoms with E-state index in [1.54, 1.807) is 22.7 Å². The van der Waals surface area contributed by atoms with Crippen LogP contribution in [0.1, 0.15) is 0 Å². The summed E-state index contributed by atoms with van der Waals surface area (Å²) < 4.78 is 2.30. The molecule has 2 heterocycles. The van der Waals surface area contributed by atoms with Gasteiger partial charge < -0.3 is 5.21 Å². The van der Waals surface area contributed by atoms with Gasteiger partial charge in [0, 0.05) is 21.8 Å². The minimum atomic E-state index is 0.409. The molecule has 7 heteroatoms. The van der Waals surface area contributed by atoms with Crippen LogP contribution >= 0.6 is 27.5 Å². The van der Waals surface area contributed by atoms with Crippen molar-refractivity contribution in [2.24, 2.45) is 0 Å². The number of fused-ring (bicyclic) bond motifs is 3. The summed E-state index contributed by atoms with van der Waals surface area (Å²) >= 11 is 9.55. The number of hydrogen-bond acceptors (Lipinski definition) is 3. The van der Waals surface area contributed by atoms with Gasteiger partial charge in [0.05, 0.1) is 4.47 Å². The second-order valence-electron chi connectivity index (χ2n) is 4.77. The molecule has 0 bridgehead atoms. The molecular formula is C15H8BrClN4O. The molecular weight excluding hydrogens is 368 g/mol. The molecule has 0 aliphatic carbocycles. The lowest BCUT2D eigenvalue weighted by Gasteiger charge is -2.01. The van der Waals surface area contributed by atoms with Crippen LogP contribution in [0.3, 0.4) is 0 Å². The summed E-state index contributed by atoms with van der Waals surface area (Å²) in [6.45, 7) is 0. The first kappa shape index (κ1) is 13.5. The average Bonchev–Trinajstić information content (AvgIpc) is 2.86. The van der Waals surface area contributed by atoms with Gasteiger partial charge in [0.1, 0.15) is 11.2 Å². The normalized spacial score (nSPS) is 11.4. The van der Waals surface area contributed by atoms with Gasteiger partial charge in [-0.3, -0.25) is 0 Å². The number of rotatable bonds is 1. The molecule has 2 aromatic carbocycles. The average molecular weight is 376 g/mol. The fourth-order valence-electron chi connectivity index (χ4n) is 2.39. The first-order chi connectivity index (χ1) is 10.6. The van der Waals surface area contributed by atoms with Gasteiger partial charge in [-0.15, -0.1) is 0 Å². The highest BCUT2D eigenvalue weighted by atomic mass is 79.9. The summed E-state index contributed by atoms with van der Waals surface area (Å²) in [6, 6.07) is 14.7. The molecule has 22 heavy (non-hydrogen) atoms. The van der Waals surface area contributed by atoms with Gasteiger partial charge in [0.25, 0.3) is 5.52 Å². The number of halogens is 2. The van der Waals surface area contributed by atoms with E-state index in [1.165, 1.54) is 0 Å². The molecule has 0 fully saturated rings. The third-order valence-corrected chi connectivity index (χ3v) is 4.37. The maximum atomic E-state index is 12.1. The highest BCUT2D eigenvalue weighted by Gasteiger charge is 2.20. The van der Waals surface area contributed by atoms with Crippen molar-refractivity contribution in [2.75, 3.05) is 0 Å². The zero-order valence-corrected chi connectivity index (χ0v) is 13.4. The second-order valence-corrected chi connectivity index (χ2v) is 6.00. The van der Waals surface area contributed by atoms with Gasteiger partial charge in [-0.2, -0.15) is 5.10 Å². The fourth-order valence-corrected chi connectivity index (χ4v) is 3.11. The standard InChI is InChI=1S/C15H8BrClN4O/c16-13-14(9-4-2-1-3-5-9)18-20-12-8-10(17)6-7-11(12)21(22)19-15(13)20/h1-8H. The lowest BCUT2D eigenvalue weighted by molar-refractivity contribution is -0.640. The van der Waals surface area contributed by atoms with Gasteiger partial charge in [0.2, 0.25) is 5.65 Å². The van der Waals surface area contributed by atoms with E-state index in [4.69, 9.17) is 11.6 Å². The van der Waals surface area contributed by atoms with Gasteiger partial charge >= 0.3 is 0 Å². The lowest BCUT2D eigenvalue weighted by Crippen LogP contribution is -2.33. The van der Waals surface area contributed by atoms with Crippen LogP contribution in [0.4, 0.5) is 0 Å². The zero-order valence-electron chi connectivity index (χ0n) is 11.1. The van der Waals surface area contributed by atoms with Gasteiger partial charge in [-0.25, -0.2) is 4.52 Å². The van der Waals surface area contributed by atoms with Crippen molar-refractivity contribution in [3.8, 4) is 11.3 Å². The molecule has 0 N–H and O–H groups in total. The number of aromatic nitrogens is 4. The van der Waals surface area contributed by atoms with Crippen LogP contribution in [0.5, 0.6) is 0 Å². The van der Waals surface area contributed by atoms with Crippen molar-refractivity contribution in [3.63, 3.8) is 0 Å². The van der Waals surface area contributed by atoms with Crippen LogP contribution in [0.25, 0.3) is 27.9 Å². The molecule has 5 nitrogen and oxygen atoms in total. The highest BCUT2D eigenvalue weighted by Crippen LogP contribution is 2.31. The van der Waals surface area contributed by atoms with E-state index in [1.807, 2.05) is 30.3 Å². The summed E-state index contributed by atoms with van der Waals surface area (Å²) in [5, 5.41) is 21.3. The summed E-state index contributed by atoms with van der Waals surface area (Å²) in [6.07, 6.45) is 0. The van der Waals surface area contributed by atoms with Crippen LogP contribution in [0.2, 0.25) is 5.02 Å². The van der Waals surface area contributed by atoms with Gasteiger partial charge in [0.15, 0.2) is 0 Å². The topological polar surface area (TPSA) is 57.1 Å². The molecule has 0 unspecified atom stereocenters. The van der Waals surface area contributed by atoms with Crippen molar-refractivity contribution < 1.29 is 4.85 Å². The SMILES string of the molecule is [O-][n+]1nc2c(Br)c(-c3ccccc3)nn2c2cc(Cl)ccc21. The molecule has 0 aliphatic rings. The van der Waals surface area contributed by atoms with E-state index < -0.39 is 0 Å². The largest absolute Gasteiger partial charge is 0.594 e. The Kier molecular flexibility index (Phi) is 3.02. The molecule has 0 atom stereocenters. The van der Waals surface area contributed by atoms with E-state index in [-0.39, 0.29) is 0 Å². The molecule has 0 radical (unpaired) electrons. The molecule has 0 aliphatic heterocycles. The smallest absolute Gasteiger partial charge is 0.270 e. The summed E-state index contributed by atoms with van der Waals surface area (Å²) in [5.41, 5.74) is 3.12. The predicted octanol–water partition coefficient (Wildman–Crippen LogP) is 3.60. The Balaban J connectivity index is 2.14. The highest BCUT2D eigenvalue weighted by molar-refractivity contribution is 9.10. The van der Waals surface area contributed by atoms with Crippen molar-refractivity contribution in [2.45, 2.75) is 0 Å². The minimum Gasteiger partial charge on any atom is -0.594 e. The fraction of sp³-hybridized carbons (Fsp3) is 0. The Morgan fingerprint density at radius 2 is 1.91 bits per heavy atom. The summed E-state index contributed by atoms with van der Waals surface area (Å²) in [4.78, 5) is 0.586. The monoisotopic (exact) mass is 374 g/mol.